The summed E-state index contributed by atoms with van der Waals surface area (Å²) in [5.74, 6) is 1.51. The van der Waals surface area contributed by atoms with Crippen molar-refractivity contribution in [2.75, 3.05) is 60.2 Å². The highest BCUT2D eigenvalue weighted by Gasteiger charge is 2.43. The summed E-state index contributed by atoms with van der Waals surface area (Å²) >= 11 is 0. The molecule has 2 fully saturated rings. The van der Waals surface area contributed by atoms with E-state index in [0.29, 0.717) is 44.3 Å². The van der Waals surface area contributed by atoms with Gasteiger partial charge in [0.15, 0.2) is 11.5 Å². The van der Waals surface area contributed by atoms with Crippen molar-refractivity contribution in [1.29, 1.82) is 0 Å². The second kappa shape index (κ2) is 11.0. The highest BCUT2D eigenvalue weighted by atomic mass is 16.5. The SMILES string of the molecule is COc1ccc(C2=NN(C3CCN(C(=O)CN4CCOCC4)CC3)C(=O)[C@@H]3CC=CC[C@H]23)cc1OC. The molecule has 3 aliphatic heterocycles. The molecule has 2 atom stereocenters. The first-order valence-electron chi connectivity index (χ1n) is 13.0. The Bertz CT molecular complexity index is 1030. The Morgan fingerprint density at radius 2 is 1.69 bits per heavy atom. The van der Waals surface area contributed by atoms with E-state index in [1.807, 2.05) is 23.1 Å². The largest absolute Gasteiger partial charge is 0.493 e. The maximum Gasteiger partial charge on any atom is 0.247 e. The van der Waals surface area contributed by atoms with Crippen LogP contribution in [-0.2, 0) is 14.3 Å². The molecule has 3 heterocycles. The number of nitrogens with zero attached hydrogens (tertiary/aromatic N) is 4. The van der Waals surface area contributed by atoms with E-state index in [1.54, 1.807) is 19.2 Å². The summed E-state index contributed by atoms with van der Waals surface area (Å²) in [6.45, 7) is 4.70. The number of hydrogen-bond donors (Lipinski definition) is 0. The van der Waals surface area contributed by atoms with E-state index in [1.165, 1.54) is 0 Å². The molecular formula is C27H36N4O5. The number of allylic oxidation sites excluding steroid dienone is 2. The molecule has 36 heavy (non-hydrogen) atoms. The molecular weight excluding hydrogens is 460 g/mol. The number of carbonyl (C=O) groups excluding carboxylic acids is 2. The van der Waals surface area contributed by atoms with Crippen molar-refractivity contribution >= 4 is 17.5 Å². The number of amides is 2. The van der Waals surface area contributed by atoms with Crippen LogP contribution < -0.4 is 9.47 Å². The van der Waals surface area contributed by atoms with Crippen LogP contribution >= 0.6 is 0 Å². The molecule has 0 bridgehead atoms. The Morgan fingerprint density at radius 1 is 1.00 bits per heavy atom. The van der Waals surface area contributed by atoms with Gasteiger partial charge in [0.05, 0.1) is 51.6 Å². The number of rotatable bonds is 6. The predicted molar refractivity (Wildman–Crippen MR) is 135 cm³/mol. The van der Waals surface area contributed by atoms with Crippen LogP contribution in [-0.4, -0.2) is 98.5 Å². The van der Waals surface area contributed by atoms with Crippen molar-refractivity contribution in [3.8, 4) is 11.5 Å². The van der Waals surface area contributed by atoms with E-state index in [2.05, 4.69) is 17.1 Å². The number of fused-ring (bicyclic) bond motifs is 1. The molecule has 5 rings (SSSR count). The summed E-state index contributed by atoms with van der Waals surface area (Å²) in [5, 5.41) is 6.71. The number of carbonyl (C=O) groups is 2. The minimum atomic E-state index is -0.114. The van der Waals surface area contributed by atoms with E-state index < -0.39 is 0 Å². The molecule has 0 unspecified atom stereocenters. The third kappa shape index (κ3) is 4.99. The molecule has 0 N–H and O–H groups in total. The van der Waals surface area contributed by atoms with Crippen LogP contribution in [0.25, 0.3) is 0 Å². The second-order valence-electron chi connectivity index (χ2n) is 9.89. The lowest BCUT2D eigenvalue weighted by molar-refractivity contribution is -0.142. The monoisotopic (exact) mass is 496 g/mol. The molecule has 0 saturated carbocycles. The van der Waals surface area contributed by atoms with E-state index >= 15 is 0 Å². The average molecular weight is 497 g/mol. The number of ether oxygens (including phenoxy) is 3. The lowest BCUT2D eigenvalue weighted by atomic mass is 9.76. The molecule has 1 aliphatic carbocycles. The molecule has 9 nitrogen and oxygen atoms in total. The fraction of sp³-hybridized carbons (Fsp3) is 0.593. The minimum Gasteiger partial charge on any atom is -0.493 e. The number of likely N-dealkylation sites (tertiary alicyclic amines) is 1. The van der Waals surface area contributed by atoms with Gasteiger partial charge in [0.1, 0.15) is 0 Å². The first-order chi connectivity index (χ1) is 17.6. The molecule has 1 aromatic rings. The van der Waals surface area contributed by atoms with Crippen LogP contribution in [0.3, 0.4) is 0 Å². The van der Waals surface area contributed by atoms with Crippen LogP contribution in [0.4, 0.5) is 0 Å². The summed E-state index contributed by atoms with van der Waals surface area (Å²) in [7, 11) is 3.25. The Morgan fingerprint density at radius 3 is 2.39 bits per heavy atom. The molecule has 0 spiro atoms. The first-order valence-corrected chi connectivity index (χ1v) is 13.0. The predicted octanol–water partition coefficient (Wildman–Crippen LogP) is 2.16. The Hall–Kier alpha value is -2.91. The molecule has 0 aromatic heterocycles. The lowest BCUT2D eigenvalue weighted by Gasteiger charge is -2.42. The maximum atomic E-state index is 13.6. The fourth-order valence-electron chi connectivity index (χ4n) is 5.74. The number of benzene rings is 1. The van der Waals surface area contributed by atoms with Crippen LogP contribution in [0.15, 0.2) is 35.5 Å². The van der Waals surface area contributed by atoms with Gasteiger partial charge in [-0.05, 0) is 43.9 Å². The Labute approximate surface area is 212 Å². The third-order valence-electron chi connectivity index (χ3n) is 7.85. The van der Waals surface area contributed by atoms with Crippen molar-refractivity contribution in [2.24, 2.45) is 16.9 Å². The Kier molecular flexibility index (Phi) is 7.57. The standard InChI is InChI=1S/C27H36N4O5/c1-34-23-8-7-19(17-24(23)35-2)26-21-5-3-4-6-22(21)27(33)31(28-26)20-9-11-30(12-10-20)25(32)18-29-13-15-36-16-14-29/h3-4,7-8,17,20-22H,5-6,9-16,18H2,1-2H3/t21-,22+/m0/s1. The third-order valence-corrected chi connectivity index (χ3v) is 7.85. The van der Waals surface area contributed by atoms with Gasteiger partial charge in [0, 0.05) is 37.7 Å². The average Bonchev–Trinajstić information content (AvgIpc) is 2.93. The summed E-state index contributed by atoms with van der Waals surface area (Å²) < 4.78 is 16.3. The Balaban J connectivity index is 1.33. The van der Waals surface area contributed by atoms with Crippen LogP contribution in [0, 0.1) is 11.8 Å². The normalized spacial score (nSPS) is 25.4. The molecule has 4 aliphatic rings. The smallest absolute Gasteiger partial charge is 0.247 e. The van der Waals surface area contributed by atoms with Crippen molar-refractivity contribution < 1.29 is 23.8 Å². The topological polar surface area (TPSA) is 83.9 Å². The van der Waals surface area contributed by atoms with Crippen LogP contribution in [0.2, 0.25) is 0 Å². The quantitative estimate of drug-likeness (QED) is 0.562. The molecule has 194 valence electrons. The van der Waals surface area contributed by atoms with E-state index in [-0.39, 0.29) is 29.7 Å². The van der Waals surface area contributed by atoms with Gasteiger partial charge in [-0.3, -0.25) is 14.5 Å². The first kappa shape index (κ1) is 24.8. The van der Waals surface area contributed by atoms with Gasteiger partial charge < -0.3 is 19.1 Å². The highest BCUT2D eigenvalue weighted by molar-refractivity contribution is 6.07. The van der Waals surface area contributed by atoms with Crippen molar-refractivity contribution in [1.82, 2.24) is 14.8 Å². The summed E-state index contributed by atoms with van der Waals surface area (Å²) in [5.41, 5.74) is 1.88. The number of hydrogen-bond acceptors (Lipinski definition) is 7. The van der Waals surface area contributed by atoms with Gasteiger partial charge in [0.2, 0.25) is 11.8 Å². The number of piperidine rings is 1. The maximum absolute atomic E-state index is 13.6. The lowest BCUT2D eigenvalue weighted by Crippen LogP contribution is -2.53. The zero-order valence-corrected chi connectivity index (χ0v) is 21.2. The van der Waals surface area contributed by atoms with E-state index in [9.17, 15) is 9.59 Å². The molecule has 0 radical (unpaired) electrons. The number of hydrazone groups is 1. The van der Waals surface area contributed by atoms with Crippen molar-refractivity contribution in [2.45, 2.75) is 31.7 Å². The summed E-state index contributed by atoms with van der Waals surface area (Å²) in [4.78, 5) is 30.5. The zero-order valence-electron chi connectivity index (χ0n) is 21.2. The van der Waals surface area contributed by atoms with E-state index in [4.69, 9.17) is 19.3 Å². The number of morpholine rings is 1. The minimum absolute atomic E-state index is 0.00747. The number of methoxy groups -OCH3 is 2. The van der Waals surface area contributed by atoms with Crippen LogP contribution in [0.5, 0.6) is 11.5 Å². The summed E-state index contributed by atoms with van der Waals surface area (Å²) in [6, 6.07) is 5.83. The molecule has 1 aromatic carbocycles. The van der Waals surface area contributed by atoms with Crippen LogP contribution in [0.1, 0.15) is 31.2 Å². The highest BCUT2D eigenvalue weighted by Crippen LogP contribution is 2.38. The molecule has 2 saturated heterocycles. The van der Waals surface area contributed by atoms with Crippen molar-refractivity contribution in [3.05, 3.63) is 35.9 Å². The van der Waals surface area contributed by atoms with Gasteiger partial charge in [-0.25, -0.2) is 5.01 Å². The van der Waals surface area contributed by atoms with Crippen molar-refractivity contribution in [3.63, 3.8) is 0 Å². The van der Waals surface area contributed by atoms with Gasteiger partial charge in [-0.15, -0.1) is 0 Å². The molecule has 9 heteroatoms. The van der Waals surface area contributed by atoms with E-state index in [0.717, 1.165) is 50.0 Å². The van der Waals surface area contributed by atoms with Gasteiger partial charge in [-0.1, -0.05) is 12.2 Å². The van der Waals surface area contributed by atoms with Gasteiger partial charge in [0.25, 0.3) is 0 Å². The van der Waals surface area contributed by atoms with Gasteiger partial charge >= 0.3 is 0 Å². The zero-order chi connectivity index (χ0) is 25.1. The second-order valence-corrected chi connectivity index (χ2v) is 9.89. The molecule has 2 amide bonds. The van der Waals surface area contributed by atoms with Gasteiger partial charge in [-0.2, -0.15) is 5.10 Å². The fourth-order valence-corrected chi connectivity index (χ4v) is 5.74. The summed E-state index contributed by atoms with van der Waals surface area (Å²) in [6.07, 6.45) is 7.25.